The first-order valence-corrected chi connectivity index (χ1v) is 6.38. The van der Waals surface area contributed by atoms with Crippen LogP contribution in [0.3, 0.4) is 0 Å². The molecule has 0 spiro atoms. The van der Waals surface area contributed by atoms with Crippen LogP contribution in [0.2, 0.25) is 0 Å². The smallest absolute Gasteiger partial charge is 0.387 e. The molecule has 6 heteroatoms. The van der Waals surface area contributed by atoms with Gasteiger partial charge in [-0.15, -0.1) is 0 Å². The Morgan fingerprint density at radius 1 is 1.45 bits per heavy atom. The van der Waals surface area contributed by atoms with Crippen LogP contribution in [0.25, 0.3) is 0 Å². The molecule has 1 aromatic carbocycles. The van der Waals surface area contributed by atoms with E-state index in [0.717, 1.165) is 0 Å². The van der Waals surface area contributed by atoms with Crippen molar-refractivity contribution in [3.8, 4) is 5.75 Å². The number of fused-ring (bicyclic) bond motifs is 4. The van der Waals surface area contributed by atoms with E-state index in [2.05, 4.69) is 4.74 Å². The van der Waals surface area contributed by atoms with E-state index in [-0.39, 0.29) is 23.3 Å². The number of halogens is 2. The van der Waals surface area contributed by atoms with Crippen LogP contribution in [0.5, 0.6) is 5.75 Å². The summed E-state index contributed by atoms with van der Waals surface area (Å²) in [5.74, 6) is -0.204. The van der Waals surface area contributed by atoms with Gasteiger partial charge in [0.25, 0.3) is 0 Å². The van der Waals surface area contributed by atoms with Crippen LogP contribution in [0.4, 0.5) is 8.78 Å². The lowest BCUT2D eigenvalue weighted by Crippen LogP contribution is -2.32. The first-order valence-electron chi connectivity index (χ1n) is 6.38. The van der Waals surface area contributed by atoms with E-state index in [1.165, 1.54) is 10.6 Å². The third-order valence-corrected chi connectivity index (χ3v) is 4.06. The molecule has 1 fully saturated rings. The van der Waals surface area contributed by atoms with Gasteiger partial charge in [-0.1, -0.05) is 6.07 Å². The normalized spacial score (nSPS) is 24.9. The van der Waals surface area contributed by atoms with Gasteiger partial charge in [0.15, 0.2) is 0 Å². The fraction of sp³-hybridized carbons (Fsp3) is 0.429. The molecule has 2 atom stereocenters. The number of aliphatic hydroxyl groups excluding tert-OH is 1. The molecule has 106 valence electrons. The zero-order valence-electron chi connectivity index (χ0n) is 10.8. The monoisotopic (exact) mass is 282 g/mol. The summed E-state index contributed by atoms with van der Waals surface area (Å²) in [4.78, 5) is 12.0. The van der Waals surface area contributed by atoms with Gasteiger partial charge in [0.2, 0.25) is 11.8 Å². The van der Waals surface area contributed by atoms with Crippen LogP contribution in [0.15, 0.2) is 18.2 Å². The number of aliphatic hydroxyl groups is 1. The topological polar surface area (TPSA) is 49.5 Å². The molecule has 1 heterocycles. The van der Waals surface area contributed by atoms with Gasteiger partial charge in [0.1, 0.15) is 12.8 Å². The van der Waals surface area contributed by atoms with Gasteiger partial charge in [0.05, 0.1) is 5.56 Å². The molecule has 0 aromatic heterocycles. The predicted octanol–water partition coefficient (Wildman–Crippen LogP) is 2.06. The second kappa shape index (κ2) is 4.54. The number of ether oxygens (including phenoxy) is 1. The number of hydrogen-bond acceptors (Lipinski definition) is 2. The van der Waals surface area contributed by atoms with Gasteiger partial charge in [0, 0.05) is 24.3 Å². The molecular weight excluding hydrogens is 268 g/mol. The Morgan fingerprint density at radius 2 is 2.20 bits per heavy atom. The highest BCUT2D eigenvalue weighted by Crippen LogP contribution is 2.42. The average molecular weight is 282 g/mol. The van der Waals surface area contributed by atoms with Crippen molar-refractivity contribution in [2.45, 2.75) is 31.4 Å². The molecule has 0 radical (unpaired) electrons. The van der Waals surface area contributed by atoms with Crippen LogP contribution >= 0.6 is 0 Å². The van der Waals surface area contributed by atoms with Crippen LogP contribution in [0.1, 0.15) is 29.9 Å². The number of carbonyl (C=O) groups is 1. The Hall–Kier alpha value is -1.98. The molecule has 1 aliphatic carbocycles. The fourth-order valence-corrected chi connectivity index (χ4v) is 3.15. The van der Waals surface area contributed by atoms with Crippen LogP contribution in [-0.2, 0) is 4.79 Å². The molecule has 0 saturated heterocycles. The van der Waals surface area contributed by atoms with Crippen molar-refractivity contribution < 1.29 is 28.0 Å². The van der Waals surface area contributed by atoms with Gasteiger partial charge in [-0.05, 0) is 12.1 Å². The fourth-order valence-electron chi connectivity index (χ4n) is 3.15. The molecule has 2 unspecified atom stereocenters. The second-order valence-electron chi connectivity index (χ2n) is 5.15. The summed E-state index contributed by atoms with van der Waals surface area (Å²) in [7, 11) is 1.63. The summed E-state index contributed by atoms with van der Waals surface area (Å²) in [6, 6.07) is 4.26. The SMILES string of the molecule is C[N+]1=C(O)c2cccc(OC(F)F)c2C2CC(=O)C1C2. The molecule has 1 saturated carbocycles. The minimum atomic E-state index is -2.93. The number of benzene rings is 1. The van der Waals surface area contributed by atoms with E-state index in [1.54, 1.807) is 19.2 Å². The third-order valence-electron chi connectivity index (χ3n) is 4.06. The second-order valence-corrected chi connectivity index (χ2v) is 5.15. The molecule has 1 aliphatic heterocycles. The van der Waals surface area contributed by atoms with Crippen molar-refractivity contribution in [1.82, 2.24) is 0 Å². The van der Waals surface area contributed by atoms with E-state index < -0.39 is 12.7 Å². The number of hydrogen-bond donors (Lipinski definition) is 1. The van der Waals surface area contributed by atoms with Gasteiger partial charge in [-0.3, -0.25) is 4.79 Å². The zero-order chi connectivity index (χ0) is 14.4. The van der Waals surface area contributed by atoms with E-state index in [1.807, 2.05) is 0 Å². The molecule has 1 aromatic rings. The van der Waals surface area contributed by atoms with Crippen molar-refractivity contribution in [3.05, 3.63) is 29.3 Å². The predicted molar refractivity (Wildman–Crippen MR) is 66.8 cm³/mol. The number of ketones is 1. The highest BCUT2D eigenvalue weighted by Gasteiger charge is 2.46. The third kappa shape index (κ3) is 1.87. The average Bonchev–Trinajstić information content (AvgIpc) is 2.73. The number of alkyl halides is 2. The molecule has 2 aliphatic rings. The van der Waals surface area contributed by atoms with E-state index >= 15 is 0 Å². The summed E-state index contributed by atoms with van der Waals surface area (Å²) < 4.78 is 31.1. The van der Waals surface area contributed by atoms with Gasteiger partial charge in [-0.25, -0.2) is 0 Å². The van der Waals surface area contributed by atoms with Crippen LogP contribution in [-0.4, -0.2) is 41.1 Å². The maximum Gasteiger partial charge on any atom is 0.387 e. The van der Waals surface area contributed by atoms with Crippen molar-refractivity contribution >= 4 is 11.7 Å². The number of carbonyl (C=O) groups excluding carboxylic acids is 1. The quantitative estimate of drug-likeness (QED) is 0.845. The number of likely N-dealkylation sites (N-methyl/N-ethyl adjacent to an activating group) is 1. The lowest BCUT2D eigenvalue weighted by Gasteiger charge is -2.16. The lowest BCUT2D eigenvalue weighted by molar-refractivity contribution is -0.529. The number of nitrogens with zero attached hydrogens (tertiary/aromatic N) is 1. The minimum absolute atomic E-state index is 0.0153. The summed E-state index contributed by atoms with van der Waals surface area (Å²) >= 11 is 0. The summed E-state index contributed by atoms with van der Waals surface area (Å²) in [5.41, 5.74) is 0.969. The lowest BCUT2D eigenvalue weighted by atomic mass is 9.92. The Labute approximate surface area is 114 Å². The largest absolute Gasteiger partial charge is 0.460 e. The first kappa shape index (κ1) is 13.0. The minimum Gasteiger partial charge on any atom is -0.460 e. The van der Waals surface area contributed by atoms with E-state index in [9.17, 15) is 18.7 Å². The van der Waals surface area contributed by atoms with Gasteiger partial charge < -0.3 is 9.84 Å². The zero-order valence-corrected chi connectivity index (χ0v) is 10.8. The van der Waals surface area contributed by atoms with Gasteiger partial charge >= 0.3 is 12.5 Å². The highest BCUT2D eigenvalue weighted by atomic mass is 19.3. The van der Waals surface area contributed by atoms with Crippen molar-refractivity contribution in [1.29, 1.82) is 0 Å². The molecular formula is C14H14F2NO3+. The number of Topliss-reactive ketones (excluding diaryl/α,β-unsaturated/α-hetero) is 1. The molecule has 4 nitrogen and oxygen atoms in total. The Morgan fingerprint density at radius 3 is 2.90 bits per heavy atom. The van der Waals surface area contributed by atoms with Crippen molar-refractivity contribution in [2.75, 3.05) is 7.05 Å². The summed E-state index contributed by atoms with van der Waals surface area (Å²) in [6.07, 6.45) is 0.800. The number of rotatable bonds is 2. The first-order chi connectivity index (χ1) is 9.49. The van der Waals surface area contributed by atoms with E-state index in [0.29, 0.717) is 24.0 Å². The molecule has 20 heavy (non-hydrogen) atoms. The summed E-state index contributed by atoms with van der Waals surface area (Å²) in [6.45, 7) is -2.93. The molecule has 1 N–H and O–H groups in total. The standard InChI is InChI=1S/C14H13F2NO3/c1-17-9-5-7(6-10(9)18)12-8(13(17)19)3-2-4-11(12)20-14(15)16/h2-4,7,9,14H,5-6H2,1H3/p+1. The Balaban J connectivity index is 2.19. The summed E-state index contributed by atoms with van der Waals surface area (Å²) in [5, 5.41) is 10.3. The molecule has 2 bridgehead atoms. The maximum atomic E-state index is 12.5. The van der Waals surface area contributed by atoms with Crippen LogP contribution in [0, 0.1) is 0 Å². The molecule has 0 amide bonds. The van der Waals surface area contributed by atoms with Crippen molar-refractivity contribution in [2.24, 2.45) is 0 Å². The van der Waals surface area contributed by atoms with Crippen molar-refractivity contribution in [3.63, 3.8) is 0 Å². The Kier molecular flexibility index (Phi) is 2.96. The van der Waals surface area contributed by atoms with Crippen LogP contribution < -0.4 is 4.74 Å². The van der Waals surface area contributed by atoms with E-state index in [4.69, 9.17) is 0 Å². The highest BCUT2D eigenvalue weighted by molar-refractivity contribution is 5.96. The van der Waals surface area contributed by atoms with Gasteiger partial charge in [-0.2, -0.15) is 13.4 Å². The maximum absolute atomic E-state index is 12.5. The molecule has 3 rings (SSSR count). The Bertz CT molecular complexity index is 612.